The Morgan fingerprint density at radius 1 is 0.857 bits per heavy atom. The molecule has 1 aliphatic rings. The fourth-order valence-electron chi connectivity index (χ4n) is 6.18. The van der Waals surface area contributed by atoms with Crippen molar-refractivity contribution in [3.05, 3.63) is 125 Å². The normalized spacial score (nSPS) is 14.1. The summed E-state index contributed by atoms with van der Waals surface area (Å²) in [5, 5.41) is 3.78. The number of rotatable bonds is 14. The van der Waals surface area contributed by atoms with Crippen LogP contribution in [0.25, 0.3) is 0 Å². The number of nitrogens with one attached hydrogen (secondary N) is 1. The Morgan fingerprint density at radius 3 is 2.18 bits per heavy atom. The average Bonchev–Trinajstić information content (AvgIpc) is 3.11. The van der Waals surface area contributed by atoms with Gasteiger partial charge >= 0.3 is 0 Å². The van der Waals surface area contributed by atoms with Gasteiger partial charge in [-0.3, -0.25) is 13.9 Å². The minimum absolute atomic E-state index is 0.0171. The van der Waals surface area contributed by atoms with E-state index in [9.17, 15) is 18.0 Å². The number of ether oxygens (including phenoxy) is 1. The first-order valence-corrected chi connectivity index (χ1v) is 18.7. The highest BCUT2D eigenvalue weighted by atomic mass is 35.5. The summed E-state index contributed by atoms with van der Waals surface area (Å²) in [6.45, 7) is 3.50. The quantitative estimate of drug-likeness (QED) is 0.149. The van der Waals surface area contributed by atoms with Crippen LogP contribution in [0.2, 0.25) is 5.02 Å². The summed E-state index contributed by atoms with van der Waals surface area (Å²) in [6, 6.07) is 29.0. The molecule has 258 valence electrons. The summed E-state index contributed by atoms with van der Waals surface area (Å²) < 4.78 is 35.8. The lowest BCUT2D eigenvalue weighted by Crippen LogP contribution is -2.55. The molecular weight excluding hydrogens is 658 g/mol. The van der Waals surface area contributed by atoms with E-state index < -0.39 is 28.5 Å². The number of hydrogen-bond acceptors (Lipinski definition) is 5. The van der Waals surface area contributed by atoms with Gasteiger partial charge in [0.2, 0.25) is 11.8 Å². The number of sulfonamides is 1. The van der Waals surface area contributed by atoms with Gasteiger partial charge in [0.25, 0.3) is 10.0 Å². The molecule has 2 amide bonds. The van der Waals surface area contributed by atoms with Crippen molar-refractivity contribution in [2.75, 3.05) is 17.5 Å². The molecule has 1 saturated carbocycles. The number of carbonyl (C=O) groups is 2. The minimum atomic E-state index is -4.26. The molecule has 0 bridgehead atoms. The van der Waals surface area contributed by atoms with E-state index in [1.165, 1.54) is 17.0 Å². The van der Waals surface area contributed by atoms with Crippen molar-refractivity contribution in [2.45, 2.75) is 75.9 Å². The van der Waals surface area contributed by atoms with Crippen LogP contribution < -0.4 is 14.4 Å². The summed E-state index contributed by atoms with van der Waals surface area (Å²) in [5.74, 6) is -0.467. The second kappa shape index (κ2) is 16.9. The SMILES string of the molecule is CCOc1ccccc1N(CC(=O)N(Cc1ccc(Cl)cc1)C(Cc1ccccc1)C(=O)NC1CCCCC1)S(=O)(=O)c1ccc(C)cc1. The largest absolute Gasteiger partial charge is 0.492 e. The van der Waals surface area contributed by atoms with Gasteiger partial charge in [-0.05, 0) is 74.2 Å². The molecule has 1 fully saturated rings. The van der Waals surface area contributed by atoms with E-state index in [2.05, 4.69) is 5.32 Å². The molecule has 0 heterocycles. The summed E-state index contributed by atoms with van der Waals surface area (Å²) in [4.78, 5) is 30.6. The Labute approximate surface area is 295 Å². The zero-order valence-corrected chi connectivity index (χ0v) is 29.6. The van der Waals surface area contributed by atoms with Gasteiger partial charge in [0.05, 0.1) is 17.2 Å². The molecule has 4 aromatic rings. The summed E-state index contributed by atoms with van der Waals surface area (Å²) in [7, 11) is -4.26. The minimum Gasteiger partial charge on any atom is -0.492 e. The highest BCUT2D eigenvalue weighted by Gasteiger charge is 2.36. The first-order chi connectivity index (χ1) is 23.7. The number of nitrogens with zero attached hydrogens (tertiary/aromatic N) is 2. The smallest absolute Gasteiger partial charge is 0.264 e. The number of benzene rings is 4. The van der Waals surface area contributed by atoms with Crippen LogP contribution in [-0.2, 0) is 32.6 Å². The van der Waals surface area contributed by atoms with E-state index in [0.717, 1.165) is 53.1 Å². The van der Waals surface area contributed by atoms with Crippen molar-refractivity contribution in [3.63, 3.8) is 0 Å². The van der Waals surface area contributed by atoms with Crippen molar-refractivity contribution >= 4 is 39.1 Å². The van der Waals surface area contributed by atoms with Gasteiger partial charge in [-0.2, -0.15) is 0 Å². The standard InChI is InChI=1S/C39H44ClN3O5S/c1-3-48-37-17-11-10-16-35(37)43(49(46,47)34-24-18-29(2)19-25-34)28-38(44)42(27-31-20-22-32(40)23-21-31)36(26-30-12-6-4-7-13-30)39(45)41-33-14-8-5-9-15-33/h4,6-7,10-13,16-25,33,36H,3,5,8-9,14-15,26-28H2,1-2H3,(H,41,45). The molecule has 1 aliphatic carbocycles. The van der Waals surface area contributed by atoms with Crippen molar-refractivity contribution < 1.29 is 22.7 Å². The van der Waals surface area contributed by atoms with E-state index in [4.69, 9.17) is 16.3 Å². The Balaban J connectivity index is 1.59. The van der Waals surface area contributed by atoms with Gasteiger partial charge in [0, 0.05) is 24.0 Å². The highest BCUT2D eigenvalue weighted by molar-refractivity contribution is 7.92. The summed E-state index contributed by atoms with van der Waals surface area (Å²) >= 11 is 6.20. The summed E-state index contributed by atoms with van der Waals surface area (Å²) in [5.41, 5.74) is 2.77. The molecule has 0 radical (unpaired) electrons. The van der Waals surface area contributed by atoms with Crippen molar-refractivity contribution in [1.82, 2.24) is 10.2 Å². The third-order valence-electron chi connectivity index (χ3n) is 8.81. The Morgan fingerprint density at radius 2 is 1.51 bits per heavy atom. The topological polar surface area (TPSA) is 96.0 Å². The van der Waals surface area contributed by atoms with Crippen LogP contribution in [-0.4, -0.2) is 50.4 Å². The molecule has 10 heteroatoms. The molecular formula is C39H44ClN3O5S. The number of halogens is 1. The molecule has 0 aliphatic heterocycles. The van der Waals surface area contributed by atoms with Crippen LogP contribution in [0.4, 0.5) is 5.69 Å². The lowest BCUT2D eigenvalue weighted by molar-refractivity contribution is -0.140. The highest BCUT2D eigenvalue weighted by Crippen LogP contribution is 2.33. The van der Waals surface area contributed by atoms with E-state index >= 15 is 0 Å². The molecule has 49 heavy (non-hydrogen) atoms. The van der Waals surface area contributed by atoms with Gasteiger partial charge < -0.3 is 15.0 Å². The molecule has 5 rings (SSSR count). The molecule has 4 aromatic carbocycles. The molecule has 1 N–H and O–H groups in total. The first kappa shape index (κ1) is 36.0. The maximum atomic E-state index is 14.8. The molecule has 8 nitrogen and oxygen atoms in total. The fraction of sp³-hybridized carbons (Fsp3) is 0.333. The van der Waals surface area contributed by atoms with Crippen LogP contribution in [0.1, 0.15) is 55.7 Å². The predicted molar refractivity (Wildman–Crippen MR) is 194 cm³/mol. The number of anilines is 1. The van der Waals surface area contributed by atoms with Crippen LogP contribution in [0.5, 0.6) is 5.75 Å². The molecule has 1 atom stereocenters. The molecule has 0 saturated heterocycles. The second-order valence-corrected chi connectivity index (χ2v) is 14.7. The Bertz CT molecular complexity index is 1790. The number of aryl methyl sites for hydroxylation is 1. The fourth-order valence-corrected chi connectivity index (χ4v) is 7.73. The number of para-hydroxylation sites is 2. The van der Waals surface area contributed by atoms with E-state index in [0.29, 0.717) is 17.4 Å². The van der Waals surface area contributed by atoms with Crippen LogP contribution >= 0.6 is 11.6 Å². The van der Waals surface area contributed by atoms with Crippen LogP contribution in [0.3, 0.4) is 0 Å². The molecule has 1 unspecified atom stereocenters. The van der Waals surface area contributed by atoms with E-state index in [1.807, 2.05) is 56.3 Å². The van der Waals surface area contributed by atoms with Gasteiger partial charge in [-0.25, -0.2) is 8.42 Å². The third kappa shape index (κ3) is 9.43. The van der Waals surface area contributed by atoms with Crippen molar-refractivity contribution in [3.8, 4) is 5.75 Å². The number of hydrogen-bond donors (Lipinski definition) is 1. The lowest BCUT2D eigenvalue weighted by Gasteiger charge is -2.35. The monoisotopic (exact) mass is 701 g/mol. The van der Waals surface area contributed by atoms with Crippen LogP contribution in [0.15, 0.2) is 108 Å². The first-order valence-electron chi connectivity index (χ1n) is 16.8. The van der Waals surface area contributed by atoms with Gasteiger partial charge in [-0.1, -0.05) is 103 Å². The van der Waals surface area contributed by atoms with E-state index in [-0.39, 0.29) is 35.5 Å². The van der Waals surface area contributed by atoms with Gasteiger partial charge in [0.1, 0.15) is 18.3 Å². The second-order valence-electron chi connectivity index (χ2n) is 12.4. The van der Waals surface area contributed by atoms with Crippen molar-refractivity contribution in [2.24, 2.45) is 0 Å². The molecule has 0 spiro atoms. The van der Waals surface area contributed by atoms with Crippen LogP contribution in [0, 0.1) is 6.92 Å². The Kier molecular flexibility index (Phi) is 12.4. The number of carbonyl (C=O) groups excluding carboxylic acids is 2. The van der Waals surface area contributed by atoms with Crippen molar-refractivity contribution in [1.29, 1.82) is 0 Å². The lowest BCUT2D eigenvalue weighted by atomic mass is 9.94. The molecule has 0 aromatic heterocycles. The summed E-state index contributed by atoms with van der Waals surface area (Å²) in [6.07, 6.45) is 5.21. The average molecular weight is 702 g/mol. The Hall–Kier alpha value is -4.34. The van der Waals surface area contributed by atoms with Gasteiger partial charge in [-0.15, -0.1) is 0 Å². The third-order valence-corrected chi connectivity index (χ3v) is 10.8. The van der Waals surface area contributed by atoms with Gasteiger partial charge in [0.15, 0.2) is 0 Å². The number of amides is 2. The van der Waals surface area contributed by atoms with E-state index in [1.54, 1.807) is 48.5 Å². The maximum Gasteiger partial charge on any atom is 0.264 e. The zero-order valence-electron chi connectivity index (χ0n) is 28.1. The zero-order chi connectivity index (χ0) is 34.8. The predicted octanol–water partition coefficient (Wildman–Crippen LogP) is 7.33. The maximum absolute atomic E-state index is 14.8.